The van der Waals surface area contributed by atoms with E-state index in [0.29, 0.717) is 0 Å². The van der Waals surface area contributed by atoms with E-state index < -0.39 is 0 Å². The molecule has 0 spiro atoms. The predicted octanol–water partition coefficient (Wildman–Crippen LogP) is 1.64. The Morgan fingerprint density at radius 1 is 1.67 bits per heavy atom. The first-order valence-electron chi connectivity index (χ1n) is 3.34. The fourth-order valence-electron chi connectivity index (χ4n) is 0.969. The zero-order valence-electron chi connectivity index (χ0n) is 5.67. The van der Waals surface area contributed by atoms with Crippen LogP contribution in [0.4, 0.5) is 0 Å². The molecule has 1 atom stereocenters. The van der Waals surface area contributed by atoms with Crippen LogP contribution in [0, 0.1) is 0 Å². The molecule has 0 radical (unpaired) electrons. The second kappa shape index (κ2) is 2.83. The number of allylic oxidation sites excluding steroid dienone is 3. The van der Waals surface area contributed by atoms with Gasteiger partial charge in [0.2, 0.25) is 0 Å². The Labute approximate surface area is 55.7 Å². The van der Waals surface area contributed by atoms with Crippen molar-refractivity contribution in [3.8, 4) is 0 Å². The maximum absolute atomic E-state index is 9.07. The summed E-state index contributed by atoms with van der Waals surface area (Å²) in [6, 6.07) is 0. The van der Waals surface area contributed by atoms with E-state index in [-0.39, 0.29) is 6.10 Å². The van der Waals surface area contributed by atoms with E-state index in [1.54, 1.807) is 0 Å². The highest BCUT2D eigenvalue weighted by Crippen LogP contribution is 2.14. The summed E-state index contributed by atoms with van der Waals surface area (Å²) in [7, 11) is 0. The van der Waals surface area contributed by atoms with E-state index in [2.05, 4.69) is 6.08 Å². The van der Waals surface area contributed by atoms with Crippen LogP contribution in [0.3, 0.4) is 0 Å². The third kappa shape index (κ3) is 1.68. The molecule has 1 rings (SSSR count). The quantitative estimate of drug-likeness (QED) is 0.563. The molecule has 1 nitrogen and oxygen atoms in total. The van der Waals surface area contributed by atoms with Crippen LogP contribution in [0.15, 0.2) is 23.8 Å². The Hall–Kier alpha value is -0.560. The summed E-state index contributed by atoms with van der Waals surface area (Å²) in [5.41, 5.74) is 1.15. The Balaban J connectivity index is 2.57. The molecule has 1 N–H and O–H groups in total. The topological polar surface area (TPSA) is 20.2 Å². The molecule has 9 heavy (non-hydrogen) atoms. The molecule has 0 heterocycles. The Morgan fingerprint density at radius 2 is 2.44 bits per heavy atom. The van der Waals surface area contributed by atoms with Crippen molar-refractivity contribution in [2.24, 2.45) is 0 Å². The fourth-order valence-corrected chi connectivity index (χ4v) is 0.969. The molecule has 0 aromatic rings. The van der Waals surface area contributed by atoms with Crippen LogP contribution in [0.1, 0.15) is 19.8 Å². The van der Waals surface area contributed by atoms with Gasteiger partial charge in [0.25, 0.3) is 0 Å². The van der Waals surface area contributed by atoms with Gasteiger partial charge in [-0.05, 0) is 25.3 Å². The van der Waals surface area contributed by atoms with Crippen molar-refractivity contribution in [3.05, 3.63) is 23.8 Å². The van der Waals surface area contributed by atoms with Crippen molar-refractivity contribution in [2.45, 2.75) is 25.9 Å². The molecule has 0 aromatic heterocycles. The van der Waals surface area contributed by atoms with Crippen molar-refractivity contribution in [1.29, 1.82) is 0 Å². The van der Waals surface area contributed by atoms with Gasteiger partial charge in [-0.25, -0.2) is 0 Å². The third-order valence-electron chi connectivity index (χ3n) is 1.58. The summed E-state index contributed by atoms with van der Waals surface area (Å²) < 4.78 is 0. The minimum absolute atomic E-state index is 0.255. The summed E-state index contributed by atoms with van der Waals surface area (Å²) in [6.45, 7) is 1.81. The standard InChI is InChI=1S/C8H12O/c1-7(9)8-5-3-2-4-6-8/h2-3,5,7,9H,4,6H2,1H3. The van der Waals surface area contributed by atoms with Crippen LogP contribution in [0.5, 0.6) is 0 Å². The molecule has 1 aliphatic rings. The van der Waals surface area contributed by atoms with Crippen LogP contribution < -0.4 is 0 Å². The monoisotopic (exact) mass is 124 g/mol. The molecule has 1 aliphatic carbocycles. The van der Waals surface area contributed by atoms with Crippen molar-refractivity contribution < 1.29 is 5.11 Å². The molecule has 0 saturated carbocycles. The highest BCUT2D eigenvalue weighted by atomic mass is 16.3. The number of rotatable bonds is 1. The average Bonchev–Trinajstić information content (AvgIpc) is 1.90. The van der Waals surface area contributed by atoms with Crippen molar-refractivity contribution in [2.75, 3.05) is 0 Å². The maximum atomic E-state index is 9.07. The molecule has 50 valence electrons. The summed E-state index contributed by atoms with van der Waals surface area (Å²) in [5, 5.41) is 9.07. The van der Waals surface area contributed by atoms with Crippen LogP contribution >= 0.6 is 0 Å². The van der Waals surface area contributed by atoms with Gasteiger partial charge in [-0.15, -0.1) is 0 Å². The molecule has 0 amide bonds. The van der Waals surface area contributed by atoms with E-state index in [9.17, 15) is 0 Å². The van der Waals surface area contributed by atoms with E-state index in [1.807, 2.05) is 19.1 Å². The lowest BCUT2D eigenvalue weighted by Gasteiger charge is -2.10. The first-order valence-corrected chi connectivity index (χ1v) is 3.34. The molecule has 0 aromatic carbocycles. The zero-order chi connectivity index (χ0) is 6.69. The van der Waals surface area contributed by atoms with Gasteiger partial charge in [0.1, 0.15) is 0 Å². The maximum Gasteiger partial charge on any atom is 0.0725 e. The Kier molecular flexibility index (Phi) is 2.06. The fraction of sp³-hybridized carbons (Fsp3) is 0.500. The van der Waals surface area contributed by atoms with Crippen molar-refractivity contribution in [1.82, 2.24) is 0 Å². The minimum atomic E-state index is -0.255. The van der Waals surface area contributed by atoms with E-state index in [1.165, 1.54) is 0 Å². The van der Waals surface area contributed by atoms with Crippen molar-refractivity contribution in [3.63, 3.8) is 0 Å². The van der Waals surface area contributed by atoms with Gasteiger partial charge in [-0.1, -0.05) is 18.2 Å². The number of hydrogen-bond donors (Lipinski definition) is 1. The summed E-state index contributed by atoms with van der Waals surface area (Å²) in [6.07, 6.45) is 7.96. The molecule has 0 saturated heterocycles. The van der Waals surface area contributed by atoms with E-state index in [0.717, 1.165) is 18.4 Å². The Bertz CT molecular complexity index is 143. The normalized spacial score (nSPS) is 21.3. The van der Waals surface area contributed by atoms with Gasteiger partial charge >= 0.3 is 0 Å². The number of aliphatic hydroxyl groups excluding tert-OH is 1. The largest absolute Gasteiger partial charge is 0.389 e. The number of hydrogen-bond acceptors (Lipinski definition) is 1. The second-order valence-corrected chi connectivity index (χ2v) is 2.38. The van der Waals surface area contributed by atoms with Crippen LogP contribution in [0.2, 0.25) is 0 Å². The molecule has 0 aliphatic heterocycles. The smallest absolute Gasteiger partial charge is 0.0725 e. The first-order chi connectivity index (χ1) is 4.30. The van der Waals surface area contributed by atoms with Gasteiger partial charge in [0, 0.05) is 0 Å². The lowest BCUT2D eigenvalue weighted by molar-refractivity contribution is 0.227. The van der Waals surface area contributed by atoms with Crippen LogP contribution in [0.25, 0.3) is 0 Å². The summed E-state index contributed by atoms with van der Waals surface area (Å²) in [5.74, 6) is 0. The average molecular weight is 124 g/mol. The minimum Gasteiger partial charge on any atom is -0.389 e. The van der Waals surface area contributed by atoms with Gasteiger partial charge in [0.15, 0.2) is 0 Å². The SMILES string of the molecule is CC(O)C1=CC=CCC1. The van der Waals surface area contributed by atoms with Gasteiger partial charge in [-0.3, -0.25) is 0 Å². The zero-order valence-corrected chi connectivity index (χ0v) is 5.67. The van der Waals surface area contributed by atoms with E-state index >= 15 is 0 Å². The molecular weight excluding hydrogens is 112 g/mol. The van der Waals surface area contributed by atoms with Gasteiger partial charge in [-0.2, -0.15) is 0 Å². The van der Waals surface area contributed by atoms with Crippen LogP contribution in [-0.4, -0.2) is 11.2 Å². The second-order valence-electron chi connectivity index (χ2n) is 2.38. The molecular formula is C8H12O. The predicted molar refractivity (Wildman–Crippen MR) is 38.1 cm³/mol. The summed E-state index contributed by atoms with van der Waals surface area (Å²) in [4.78, 5) is 0. The van der Waals surface area contributed by atoms with Gasteiger partial charge < -0.3 is 5.11 Å². The Morgan fingerprint density at radius 3 is 2.78 bits per heavy atom. The number of aliphatic hydroxyl groups is 1. The molecule has 1 unspecified atom stereocenters. The molecule has 0 fully saturated rings. The first kappa shape index (κ1) is 6.56. The molecule has 0 bridgehead atoms. The molecule has 1 heteroatoms. The third-order valence-corrected chi connectivity index (χ3v) is 1.58. The lowest BCUT2D eigenvalue weighted by atomic mass is 10.0. The highest BCUT2D eigenvalue weighted by molar-refractivity contribution is 5.19. The highest BCUT2D eigenvalue weighted by Gasteiger charge is 2.03. The van der Waals surface area contributed by atoms with E-state index in [4.69, 9.17) is 5.11 Å². The lowest BCUT2D eigenvalue weighted by Crippen LogP contribution is -2.05. The van der Waals surface area contributed by atoms with Crippen molar-refractivity contribution >= 4 is 0 Å². The summed E-state index contributed by atoms with van der Waals surface area (Å²) >= 11 is 0. The van der Waals surface area contributed by atoms with Crippen LogP contribution in [-0.2, 0) is 0 Å². The van der Waals surface area contributed by atoms with Gasteiger partial charge in [0.05, 0.1) is 6.10 Å².